The van der Waals surface area contributed by atoms with E-state index in [-0.39, 0.29) is 37.3 Å². The summed E-state index contributed by atoms with van der Waals surface area (Å²) in [7, 11) is 1.57. The summed E-state index contributed by atoms with van der Waals surface area (Å²) < 4.78 is 27.3. The van der Waals surface area contributed by atoms with Crippen LogP contribution < -0.4 is 0 Å². The maximum absolute atomic E-state index is 14.1. The molecule has 0 aliphatic carbocycles. The van der Waals surface area contributed by atoms with Gasteiger partial charge in [-0.1, -0.05) is 30.3 Å². The van der Waals surface area contributed by atoms with Crippen molar-refractivity contribution in [2.45, 2.75) is 31.3 Å². The summed E-state index contributed by atoms with van der Waals surface area (Å²) in [6.45, 7) is 0.210. The summed E-state index contributed by atoms with van der Waals surface area (Å²) >= 11 is 0. The molecule has 1 atom stereocenters. The van der Waals surface area contributed by atoms with Gasteiger partial charge in [0, 0.05) is 38.8 Å². The van der Waals surface area contributed by atoms with Crippen molar-refractivity contribution < 1.29 is 23.2 Å². The molecule has 0 spiro atoms. The molecule has 1 aliphatic heterocycles. The first kappa shape index (κ1) is 23.2. The minimum atomic E-state index is -1.52. The lowest BCUT2D eigenvalue weighted by molar-refractivity contribution is -0.143. The predicted octanol–water partition coefficient (Wildman–Crippen LogP) is 3.61. The van der Waals surface area contributed by atoms with Crippen molar-refractivity contribution in [3.63, 3.8) is 0 Å². The minimum Gasteiger partial charge on any atom is -0.341 e. The van der Waals surface area contributed by atoms with E-state index in [1.165, 1.54) is 35.2 Å². The second-order valence-corrected chi connectivity index (χ2v) is 8.47. The number of imide groups is 1. The van der Waals surface area contributed by atoms with Crippen molar-refractivity contribution in [2.75, 3.05) is 7.05 Å². The number of carbonyl (C=O) groups is 3. The van der Waals surface area contributed by atoms with E-state index in [2.05, 4.69) is 4.98 Å². The van der Waals surface area contributed by atoms with Crippen molar-refractivity contribution in [1.29, 1.82) is 0 Å². The highest BCUT2D eigenvalue weighted by Gasteiger charge is 2.54. The molecule has 0 saturated carbocycles. The van der Waals surface area contributed by atoms with Crippen LogP contribution in [0.2, 0.25) is 0 Å². The molecule has 1 fully saturated rings. The molecule has 0 radical (unpaired) electrons. The first-order chi connectivity index (χ1) is 16.3. The molecule has 1 aliphatic rings. The summed E-state index contributed by atoms with van der Waals surface area (Å²) in [5, 5.41) is 0. The number of halogens is 2. The van der Waals surface area contributed by atoms with Crippen LogP contribution in [-0.4, -0.2) is 39.6 Å². The molecular formula is C26H23F2N3O3. The fourth-order valence-corrected chi connectivity index (χ4v) is 4.23. The van der Waals surface area contributed by atoms with Crippen LogP contribution >= 0.6 is 0 Å². The standard InChI is InChI=1S/C26H23F2N3O3/c1-30(16-18-7-9-21(27)10-8-18)23(32)13-26(20-5-2-6-22(28)12-20)14-24(33)31(25(26)34)17-19-4-3-11-29-15-19/h2-12,15H,13-14,16-17H2,1H3/t26-/m1/s1. The molecule has 4 rings (SSSR count). The molecule has 8 heteroatoms. The molecule has 0 unspecified atom stereocenters. The van der Waals surface area contributed by atoms with Crippen molar-refractivity contribution in [3.8, 4) is 0 Å². The summed E-state index contributed by atoms with van der Waals surface area (Å²) in [5.41, 5.74) is 0.140. The average molecular weight is 463 g/mol. The Kier molecular flexibility index (Phi) is 6.49. The van der Waals surface area contributed by atoms with Crippen LogP contribution in [0.5, 0.6) is 0 Å². The lowest BCUT2D eigenvalue weighted by atomic mass is 9.75. The third-order valence-electron chi connectivity index (χ3n) is 6.06. The van der Waals surface area contributed by atoms with Gasteiger partial charge in [0.05, 0.1) is 12.0 Å². The monoisotopic (exact) mass is 463 g/mol. The maximum atomic E-state index is 14.1. The first-order valence-electron chi connectivity index (χ1n) is 10.8. The molecule has 2 aromatic carbocycles. The zero-order chi connectivity index (χ0) is 24.3. The van der Waals surface area contributed by atoms with E-state index in [4.69, 9.17) is 0 Å². The van der Waals surface area contributed by atoms with Gasteiger partial charge in [0.25, 0.3) is 0 Å². The predicted molar refractivity (Wildman–Crippen MR) is 120 cm³/mol. The van der Waals surface area contributed by atoms with Crippen LogP contribution in [0.1, 0.15) is 29.5 Å². The molecule has 0 N–H and O–H groups in total. The summed E-state index contributed by atoms with van der Waals surface area (Å²) in [6, 6.07) is 14.7. The number of pyridine rings is 1. The Balaban J connectivity index is 1.63. The van der Waals surface area contributed by atoms with E-state index in [1.807, 2.05) is 0 Å². The fourth-order valence-electron chi connectivity index (χ4n) is 4.23. The highest BCUT2D eigenvalue weighted by Crippen LogP contribution is 2.41. The topological polar surface area (TPSA) is 70.6 Å². The van der Waals surface area contributed by atoms with E-state index in [9.17, 15) is 23.2 Å². The number of hydrogen-bond acceptors (Lipinski definition) is 4. The molecular weight excluding hydrogens is 440 g/mol. The zero-order valence-electron chi connectivity index (χ0n) is 18.6. The fraction of sp³-hybridized carbons (Fsp3) is 0.231. The van der Waals surface area contributed by atoms with Crippen LogP contribution in [0.15, 0.2) is 73.1 Å². The normalized spacial score (nSPS) is 17.8. The highest BCUT2D eigenvalue weighted by molar-refractivity contribution is 6.10. The van der Waals surface area contributed by atoms with Crippen molar-refractivity contribution in [2.24, 2.45) is 0 Å². The number of carbonyl (C=O) groups excluding carboxylic acids is 3. The number of amides is 3. The zero-order valence-corrected chi connectivity index (χ0v) is 18.6. The summed E-state index contributed by atoms with van der Waals surface area (Å²) in [6.07, 6.45) is 2.60. The number of aromatic nitrogens is 1. The van der Waals surface area contributed by atoms with E-state index < -0.39 is 29.0 Å². The van der Waals surface area contributed by atoms with Gasteiger partial charge in [-0.2, -0.15) is 0 Å². The van der Waals surface area contributed by atoms with Gasteiger partial charge in [0.1, 0.15) is 11.6 Å². The number of benzene rings is 2. The number of hydrogen-bond donors (Lipinski definition) is 0. The Morgan fingerprint density at radius 2 is 1.79 bits per heavy atom. The molecule has 0 bridgehead atoms. The lowest BCUT2D eigenvalue weighted by Gasteiger charge is -2.29. The van der Waals surface area contributed by atoms with Gasteiger partial charge in [0.2, 0.25) is 17.7 Å². The Labute approximate surface area is 195 Å². The maximum Gasteiger partial charge on any atom is 0.241 e. The van der Waals surface area contributed by atoms with Gasteiger partial charge in [-0.3, -0.25) is 24.3 Å². The molecule has 3 aromatic rings. The highest BCUT2D eigenvalue weighted by atomic mass is 19.1. The molecule has 34 heavy (non-hydrogen) atoms. The van der Waals surface area contributed by atoms with Gasteiger partial charge >= 0.3 is 0 Å². The van der Waals surface area contributed by atoms with Crippen LogP contribution in [0.4, 0.5) is 8.78 Å². The van der Waals surface area contributed by atoms with E-state index >= 15 is 0 Å². The molecule has 6 nitrogen and oxygen atoms in total. The Bertz CT molecular complexity index is 1220. The van der Waals surface area contributed by atoms with Crippen LogP contribution in [0.25, 0.3) is 0 Å². The SMILES string of the molecule is CN(Cc1ccc(F)cc1)C(=O)C[C@]1(c2cccc(F)c2)CC(=O)N(Cc2cccnc2)C1=O. The molecule has 1 saturated heterocycles. The van der Waals surface area contributed by atoms with Gasteiger partial charge in [-0.05, 0) is 47.0 Å². The smallest absolute Gasteiger partial charge is 0.241 e. The quantitative estimate of drug-likeness (QED) is 0.502. The Morgan fingerprint density at radius 3 is 2.47 bits per heavy atom. The van der Waals surface area contributed by atoms with Crippen LogP contribution in [0, 0.1) is 11.6 Å². The van der Waals surface area contributed by atoms with Gasteiger partial charge in [-0.25, -0.2) is 8.78 Å². The van der Waals surface area contributed by atoms with E-state index in [0.29, 0.717) is 11.1 Å². The largest absolute Gasteiger partial charge is 0.341 e. The molecule has 3 amide bonds. The number of likely N-dealkylation sites (tertiary alicyclic amines) is 1. The van der Waals surface area contributed by atoms with E-state index in [0.717, 1.165) is 4.90 Å². The molecule has 2 heterocycles. The van der Waals surface area contributed by atoms with Gasteiger partial charge in [0.15, 0.2) is 0 Å². The number of nitrogens with zero attached hydrogens (tertiary/aromatic N) is 3. The molecule has 1 aromatic heterocycles. The van der Waals surface area contributed by atoms with Crippen molar-refractivity contribution >= 4 is 17.7 Å². The lowest BCUT2D eigenvalue weighted by Crippen LogP contribution is -2.42. The number of rotatable bonds is 7. The second kappa shape index (κ2) is 9.51. The Hall–Kier alpha value is -3.94. The summed E-state index contributed by atoms with van der Waals surface area (Å²) in [5.74, 6) is -2.32. The van der Waals surface area contributed by atoms with Crippen LogP contribution in [-0.2, 0) is 32.9 Å². The van der Waals surface area contributed by atoms with Gasteiger partial charge in [-0.15, -0.1) is 0 Å². The van der Waals surface area contributed by atoms with Crippen LogP contribution in [0.3, 0.4) is 0 Å². The minimum absolute atomic E-state index is 0.0161. The first-order valence-corrected chi connectivity index (χ1v) is 10.8. The van der Waals surface area contributed by atoms with E-state index in [1.54, 1.807) is 49.8 Å². The summed E-state index contributed by atoms with van der Waals surface area (Å²) in [4.78, 5) is 46.4. The van der Waals surface area contributed by atoms with Crippen molar-refractivity contribution in [1.82, 2.24) is 14.8 Å². The third-order valence-corrected chi connectivity index (χ3v) is 6.06. The average Bonchev–Trinajstić information content (AvgIpc) is 3.06. The third kappa shape index (κ3) is 4.71. The molecule has 174 valence electrons. The second-order valence-electron chi connectivity index (χ2n) is 8.47. The van der Waals surface area contributed by atoms with Crippen molar-refractivity contribution in [3.05, 3.63) is 101 Å². The Morgan fingerprint density at radius 1 is 1.03 bits per heavy atom. The van der Waals surface area contributed by atoms with Gasteiger partial charge < -0.3 is 4.90 Å².